The molecule has 0 saturated heterocycles. The van der Waals surface area contributed by atoms with Gasteiger partial charge < -0.3 is 5.32 Å². The molecule has 0 unspecified atom stereocenters. The summed E-state index contributed by atoms with van der Waals surface area (Å²) in [7, 11) is 0. The van der Waals surface area contributed by atoms with E-state index in [0.29, 0.717) is 11.3 Å². The van der Waals surface area contributed by atoms with Crippen LogP contribution in [0.15, 0.2) is 30.5 Å². The van der Waals surface area contributed by atoms with Gasteiger partial charge in [0, 0.05) is 17.4 Å². The quantitative estimate of drug-likeness (QED) is 0.858. The highest BCUT2D eigenvalue weighted by molar-refractivity contribution is 5.58. The first-order valence-electron chi connectivity index (χ1n) is 5.55. The third-order valence-corrected chi connectivity index (χ3v) is 2.40. The van der Waals surface area contributed by atoms with Gasteiger partial charge in [0.25, 0.3) is 6.43 Å². The number of hydrogen-bond acceptors (Lipinski definition) is 3. The lowest BCUT2D eigenvalue weighted by molar-refractivity contribution is 0.146. The van der Waals surface area contributed by atoms with E-state index in [1.165, 1.54) is 12.3 Å². The summed E-state index contributed by atoms with van der Waals surface area (Å²) < 4.78 is 25.0. The molecule has 0 saturated carbocycles. The van der Waals surface area contributed by atoms with Crippen LogP contribution < -0.4 is 5.32 Å². The van der Waals surface area contributed by atoms with E-state index >= 15 is 0 Å². The fraction of sp³-hybridized carbons (Fsp3) is 0.143. The topological polar surface area (TPSA) is 37.8 Å². The lowest BCUT2D eigenvalue weighted by atomic mass is 10.1. The monoisotopic (exact) mass is 259 g/mol. The molecule has 0 aliphatic heterocycles. The molecule has 0 bridgehead atoms. The number of aryl methyl sites for hydroxylation is 1. The minimum Gasteiger partial charge on any atom is -0.324 e. The Kier molecular flexibility index (Phi) is 3.71. The Morgan fingerprint density at radius 3 is 2.79 bits per heavy atom. The molecular weight excluding hydrogens is 248 g/mol. The van der Waals surface area contributed by atoms with E-state index in [1.807, 2.05) is 19.1 Å². The number of nitrogens with one attached hydrogen (secondary N) is 1. The van der Waals surface area contributed by atoms with Crippen LogP contribution in [0.3, 0.4) is 0 Å². The van der Waals surface area contributed by atoms with Gasteiger partial charge in [0.05, 0.1) is 0 Å². The van der Waals surface area contributed by atoms with Crippen molar-refractivity contribution in [3.8, 4) is 12.3 Å². The van der Waals surface area contributed by atoms with Crippen LogP contribution in [0.2, 0.25) is 0 Å². The first kappa shape index (κ1) is 13.0. The lowest BCUT2D eigenvalue weighted by Gasteiger charge is -2.07. The molecule has 0 amide bonds. The van der Waals surface area contributed by atoms with Gasteiger partial charge in [-0.25, -0.2) is 18.7 Å². The predicted octanol–water partition coefficient (Wildman–Crippen LogP) is 3.45. The summed E-state index contributed by atoms with van der Waals surface area (Å²) in [5.74, 6) is 2.64. The summed E-state index contributed by atoms with van der Waals surface area (Å²) in [5.41, 5.74) is 2.01. The van der Waals surface area contributed by atoms with E-state index < -0.39 is 6.43 Å². The van der Waals surface area contributed by atoms with Gasteiger partial charge in [-0.3, -0.25) is 0 Å². The Bertz CT molecular complexity index is 633. The number of terminal acetylenes is 1. The van der Waals surface area contributed by atoms with Crippen molar-refractivity contribution in [3.05, 3.63) is 47.3 Å². The zero-order valence-corrected chi connectivity index (χ0v) is 10.2. The molecule has 0 aliphatic carbocycles. The van der Waals surface area contributed by atoms with Crippen molar-refractivity contribution in [3.63, 3.8) is 0 Å². The van der Waals surface area contributed by atoms with Crippen LogP contribution in [0.5, 0.6) is 0 Å². The van der Waals surface area contributed by atoms with Crippen molar-refractivity contribution in [2.24, 2.45) is 0 Å². The van der Waals surface area contributed by atoms with Crippen LogP contribution in [0, 0.1) is 19.3 Å². The normalized spacial score (nSPS) is 10.3. The number of rotatable bonds is 3. The molecule has 1 aromatic heterocycles. The molecule has 96 valence electrons. The largest absolute Gasteiger partial charge is 0.324 e. The second-order valence-corrected chi connectivity index (χ2v) is 3.96. The summed E-state index contributed by atoms with van der Waals surface area (Å²) in [5, 5.41) is 2.86. The zero-order chi connectivity index (χ0) is 13.8. The third kappa shape index (κ3) is 3.26. The molecular formula is C14H11F2N3. The highest BCUT2D eigenvalue weighted by atomic mass is 19.3. The van der Waals surface area contributed by atoms with Gasteiger partial charge in [-0.1, -0.05) is 5.92 Å². The Hall–Kier alpha value is -2.48. The lowest BCUT2D eigenvalue weighted by Crippen LogP contribution is -2.00. The van der Waals surface area contributed by atoms with Crippen molar-refractivity contribution in [2.75, 3.05) is 5.32 Å². The van der Waals surface area contributed by atoms with E-state index in [-0.39, 0.29) is 11.6 Å². The number of anilines is 2. The number of alkyl halides is 2. The van der Waals surface area contributed by atoms with E-state index in [0.717, 1.165) is 5.56 Å². The van der Waals surface area contributed by atoms with Gasteiger partial charge in [-0.15, -0.1) is 6.42 Å². The van der Waals surface area contributed by atoms with Crippen molar-refractivity contribution in [1.29, 1.82) is 0 Å². The van der Waals surface area contributed by atoms with E-state index in [4.69, 9.17) is 6.42 Å². The van der Waals surface area contributed by atoms with Crippen LogP contribution in [0.4, 0.5) is 20.4 Å². The van der Waals surface area contributed by atoms with Gasteiger partial charge in [-0.2, -0.15) is 0 Å². The molecule has 19 heavy (non-hydrogen) atoms. The molecule has 1 N–H and O–H groups in total. The fourth-order valence-corrected chi connectivity index (χ4v) is 1.62. The molecule has 0 spiro atoms. The molecule has 0 radical (unpaired) electrons. The Morgan fingerprint density at radius 1 is 1.32 bits per heavy atom. The third-order valence-electron chi connectivity index (χ3n) is 2.40. The van der Waals surface area contributed by atoms with Gasteiger partial charge in [0.2, 0.25) is 5.95 Å². The number of hydrogen-bond donors (Lipinski definition) is 1. The molecule has 2 aromatic rings. The van der Waals surface area contributed by atoms with Gasteiger partial charge in [0.15, 0.2) is 0 Å². The average Bonchev–Trinajstić information content (AvgIpc) is 2.38. The number of nitrogens with zero attached hydrogens (tertiary/aromatic N) is 2. The van der Waals surface area contributed by atoms with Gasteiger partial charge >= 0.3 is 0 Å². The molecule has 1 heterocycles. The number of halogens is 2. The molecule has 2 rings (SSSR count). The predicted molar refractivity (Wildman–Crippen MR) is 69.4 cm³/mol. The summed E-state index contributed by atoms with van der Waals surface area (Å²) >= 11 is 0. The number of benzene rings is 1. The first-order chi connectivity index (χ1) is 9.08. The van der Waals surface area contributed by atoms with Crippen LogP contribution in [-0.2, 0) is 0 Å². The first-order valence-corrected chi connectivity index (χ1v) is 5.55. The van der Waals surface area contributed by atoms with E-state index in [1.54, 1.807) is 6.07 Å². The van der Waals surface area contributed by atoms with Crippen LogP contribution in [-0.4, -0.2) is 9.97 Å². The van der Waals surface area contributed by atoms with Crippen molar-refractivity contribution >= 4 is 11.6 Å². The van der Waals surface area contributed by atoms with Gasteiger partial charge in [-0.05, 0) is 36.8 Å². The summed E-state index contributed by atoms with van der Waals surface area (Å²) in [6.45, 7) is 1.89. The maximum Gasteiger partial charge on any atom is 0.280 e. The highest BCUT2D eigenvalue weighted by Crippen LogP contribution is 2.20. The van der Waals surface area contributed by atoms with Crippen molar-refractivity contribution < 1.29 is 8.78 Å². The molecule has 0 atom stereocenters. The summed E-state index contributed by atoms with van der Waals surface area (Å²) in [6, 6.07) is 6.59. The minimum atomic E-state index is -2.62. The standard InChI is InChI=1S/C14H11F2N3/c1-3-10-6-9(2)7-11(8-10)18-14-17-5-4-12(19-14)13(15)16/h1,4-8,13H,2H3,(H,17,18,19). The van der Waals surface area contributed by atoms with Crippen LogP contribution >= 0.6 is 0 Å². The minimum absolute atomic E-state index is 0.117. The van der Waals surface area contributed by atoms with Crippen LogP contribution in [0.1, 0.15) is 23.2 Å². The SMILES string of the molecule is C#Cc1cc(C)cc(Nc2nccc(C(F)F)n2)c1. The Balaban J connectivity index is 2.28. The average molecular weight is 259 g/mol. The van der Waals surface area contributed by atoms with Crippen molar-refractivity contribution in [1.82, 2.24) is 9.97 Å². The maximum atomic E-state index is 12.5. The molecule has 3 nitrogen and oxygen atoms in total. The highest BCUT2D eigenvalue weighted by Gasteiger charge is 2.09. The Labute approximate surface area is 109 Å². The van der Waals surface area contributed by atoms with E-state index in [9.17, 15) is 8.78 Å². The molecule has 1 aromatic carbocycles. The molecule has 5 heteroatoms. The Morgan fingerprint density at radius 2 is 2.11 bits per heavy atom. The van der Waals surface area contributed by atoms with Gasteiger partial charge in [0.1, 0.15) is 5.69 Å². The fourth-order valence-electron chi connectivity index (χ4n) is 1.62. The smallest absolute Gasteiger partial charge is 0.280 e. The summed E-state index contributed by atoms with van der Waals surface area (Å²) in [6.07, 6.45) is 4.00. The van der Waals surface area contributed by atoms with Crippen molar-refractivity contribution in [2.45, 2.75) is 13.3 Å². The maximum absolute atomic E-state index is 12.5. The second kappa shape index (κ2) is 5.44. The second-order valence-electron chi connectivity index (χ2n) is 3.96. The zero-order valence-electron chi connectivity index (χ0n) is 10.2. The molecule has 0 fully saturated rings. The molecule has 0 aliphatic rings. The van der Waals surface area contributed by atoms with Crippen LogP contribution in [0.25, 0.3) is 0 Å². The van der Waals surface area contributed by atoms with E-state index in [2.05, 4.69) is 21.2 Å². The number of aromatic nitrogens is 2. The summed E-state index contributed by atoms with van der Waals surface area (Å²) in [4.78, 5) is 7.62.